The lowest BCUT2D eigenvalue weighted by Crippen LogP contribution is -2.53. The van der Waals surface area contributed by atoms with Crippen LogP contribution in [0.2, 0.25) is 13.1 Å². The molecule has 0 bridgehead atoms. The fourth-order valence-electron chi connectivity index (χ4n) is 3.62. The van der Waals surface area contributed by atoms with Crippen molar-refractivity contribution in [3.8, 4) is 0 Å². The van der Waals surface area contributed by atoms with E-state index in [0.717, 1.165) is 12.7 Å². The molecule has 1 aromatic rings. The summed E-state index contributed by atoms with van der Waals surface area (Å²) in [6.45, 7) is 15.9. The predicted molar refractivity (Wildman–Crippen MR) is 128 cm³/mol. The van der Waals surface area contributed by atoms with Crippen molar-refractivity contribution in [1.82, 2.24) is 10.3 Å². The third-order valence-corrected chi connectivity index (χ3v) is 7.19. The molecule has 1 fully saturated rings. The molecule has 0 spiro atoms. The topological polar surface area (TPSA) is 97.8 Å². The Morgan fingerprint density at radius 1 is 1.35 bits per heavy atom. The largest absolute Gasteiger partial charge is 0.415 e. The van der Waals surface area contributed by atoms with Crippen molar-refractivity contribution < 1.29 is 21.8 Å². The molecular formula is C20H37N3O5S2Si. The Morgan fingerprint density at radius 2 is 1.97 bits per heavy atom. The van der Waals surface area contributed by atoms with Crippen LogP contribution in [0.15, 0.2) is 5.38 Å². The molecule has 1 saturated heterocycles. The summed E-state index contributed by atoms with van der Waals surface area (Å²) in [7, 11) is -4.77. The summed E-state index contributed by atoms with van der Waals surface area (Å²) in [4.78, 5) is 19.4. The zero-order valence-corrected chi connectivity index (χ0v) is 22.6. The number of nitrogens with one attached hydrogen (secondary N) is 1. The lowest BCUT2D eigenvalue weighted by Gasteiger charge is -2.39. The van der Waals surface area contributed by atoms with Crippen molar-refractivity contribution in [1.29, 1.82) is 0 Å². The van der Waals surface area contributed by atoms with E-state index in [1.807, 2.05) is 4.90 Å². The van der Waals surface area contributed by atoms with Crippen LogP contribution in [0.25, 0.3) is 0 Å². The first-order chi connectivity index (χ1) is 14.2. The van der Waals surface area contributed by atoms with Crippen molar-refractivity contribution in [3.05, 3.63) is 11.1 Å². The van der Waals surface area contributed by atoms with Crippen LogP contribution >= 0.6 is 11.3 Å². The molecule has 178 valence electrons. The Balaban J connectivity index is 2.07. The summed E-state index contributed by atoms with van der Waals surface area (Å²) in [6.07, 6.45) is 1.43. The van der Waals surface area contributed by atoms with Crippen LogP contribution in [-0.2, 0) is 18.7 Å². The molecule has 1 N–H and O–H groups in total. The number of thiazole rings is 1. The number of aromatic nitrogens is 1. The van der Waals surface area contributed by atoms with Gasteiger partial charge >= 0.3 is 0 Å². The Kier molecular flexibility index (Phi) is 8.71. The van der Waals surface area contributed by atoms with Gasteiger partial charge in [0.1, 0.15) is 11.8 Å². The molecular weight excluding hydrogens is 454 g/mol. The van der Waals surface area contributed by atoms with E-state index in [1.54, 1.807) is 5.38 Å². The number of amides is 1. The second-order valence-electron chi connectivity index (χ2n) is 10.0. The fraction of sp³-hybridized carbons (Fsp3) is 0.800. The van der Waals surface area contributed by atoms with Gasteiger partial charge in [0.05, 0.1) is 18.4 Å². The molecule has 1 unspecified atom stereocenters. The highest BCUT2D eigenvalue weighted by Gasteiger charge is 2.36. The van der Waals surface area contributed by atoms with Crippen molar-refractivity contribution in [3.63, 3.8) is 0 Å². The average Bonchev–Trinajstić information content (AvgIpc) is 3.02. The van der Waals surface area contributed by atoms with Crippen LogP contribution in [0.5, 0.6) is 0 Å². The van der Waals surface area contributed by atoms with E-state index in [2.05, 4.69) is 58.0 Å². The molecule has 2 atom stereocenters. The zero-order valence-electron chi connectivity index (χ0n) is 19.8. The SMILES string of the molecule is CC(C)C[C@H](NC(=O)c1csc(N2CC(OS(C)(=O)=O)C2)n1)C(O[SiH](C)C)C(C)(C)C. The first-order valence-corrected chi connectivity index (χ1v) is 16.2. The molecule has 2 rings (SSSR count). The minimum absolute atomic E-state index is 0.0760. The van der Waals surface area contributed by atoms with Crippen LogP contribution in [0.3, 0.4) is 0 Å². The molecule has 8 nitrogen and oxygen atoms in total. The predicted octanol–water partition coefficient (Wildman–Crippen LogP) is 2.87. The van der Waals surface area contributed by atoms with Crippen molar-refractivity contribution in [2.45, 2.75) is 72.4 Å². The van der Waals surface area contributed by atoms with E-state index in [-0.39, 0.29) is 29.6 Å². The second kappa shape index (κ2) is 10.3. The highest BCUT2D eigenvalue weighted by Crippen LogP contribution is 2.30. The summed E-state index contributed by atoms with van der Waals surface area (Å²) in [5.41, 5.74) is 0.263. The third-order valence-electron chi connectivity index (χ3n) is 4.83. The number of carbonyl (C=O) groups is 1. The average molecular weight is 492 g/mol. The Bertz CT molecular complexity index is 845. The number of anilines is 1. The van der Waals surface area contributed by atoms with Crippen LogP contribution in [0.1, 0.15) is 51.5 Å². The van der Waals surface area contributed by atoms with Gasteiger partial charge in [-0.1, -0.05) is 34.6 Å². The highest BCUT2D eigenvalue weighted by molar-refractivity contribution is 7.86. The monoisotopic (exact) mass is 491 g/mol. The third kappa shape index (κ3) is 8.12. The van der Waals surface area contributed by atoms with Crippen LogP contribution < -0.4 is 10.2 Å². The molecule has 0 aliphatic carbocycles. The van der Waals surface area contributed by atoms with Gasteiger partial charge in [0.2, 0.25) is 0 Å². The lowest BCUT2D eigenvalue weighted by molar-refractivity contribution is 0.0402. The van der Waals surface area contributed by atoms with Crippen LogP contribution in [-0.4, -0.2) is 65.9 Å². The summed E-state index contributed by atoms with van der Waals surface area (Å²) >= 11 is 1.37. The molecule has 1 aliphatic heterocycles. The normalized spacial score (nSPS) is 17.7. The van der Waals surface area contributed by atoms with Crippen molar-refractivity contribution in [2.75, 3.05) is 24.2 Å². The van der Waals surface area contributed by atoms with E-state index in [1.165, 1.54) is 11.3 Å². The van der Waals surface area contributed by atoms with Gasteiger partial charge in [-0.15, -0.1) is 11.3 Å². The van der Waals surface area contributed by atoms with Gasteiger partial charge in [-0.2, -0.15) is 8.42 Å². The molecule has 1 aliphatic rings. The molecule has 1 amide bonds. The van der Waals surface area contributed by atoms with E-state index in [4.69, 9.17) is 8.61 Å². The van der Waals surface area contributed by atoms with Gasteiger partial charge < -0.3 is 14.6 Å². The van der Waals surface area contributed by atoms with E-state index < -0.39 is 19.2 Å². The van der Waals surface area contributed by atoms with Gasteiger partial charge in [0.15, 0.2) is 14.2 Å². The summed E-state index contributed by atoms with van der Waals surface area (Å²) < 4.78 is 33.8. The number of nitrogens with zero attached hydrogens (tertiary/aromatic N) is 2. The number of carbonyl (C=O) groups excluding carboxylic acids is 1. The summed E-state index contributed by atoms with van der Waals surface area (Å²) in [5, 5.41) is 5.62. The quantitative estimate of drug-likeness (QED) is 0.397. The van der Waals surface area contributed by atoms with Gasteiger partial charge in [-0.05, 0) is 30.8 Å². The Morgan fingerprint density at radius 3 is 2.45 bits per heavy atom. The van der Waals surface area contributed by atoms with Crippen molar-refractivity contribution in [2.24, 2.45) is 11.3 Å². The minimum atomic E-state index is -3.47. The minimum Gasteiger partial charge on any atom is -0.415 e. The maximum absolute atomic E-state index is 13.0. The van der Waals surface area contributed by atoms with Gasteiger partial charge in [0, 0.05) is 18.5 Å². The number of hydrogen-bond donors (Lipinski definition) is 1. The van der Waals surface area contributed by atoms with Gasteiger partial charge in [-0.3, -0.25) is 8.98 Å². The van der Waals surface area contributed by atoms with Gasteiger partial charge in [0.25, 0.3) is 16.0 Å². The molecule has 2 heterocycles. The maximum atomic E-state index is 13.0. The number of rotatable bonds is 10. The molecule has 11 heteroatoms. The fourth-order valence-corrected chi connectivity index (χ4v) is 6.25. The number of hydrogen-bond acceptors (Lipinski definition) is 8. The Labute approximate surface area is 192 Å². The standard InChI is InChI=1S/C20H37N3O5S2Si/c1-13(2)9-15(17(20(3,4)5)28-31(7)8)21-18(24)16-12-29-19(22-16)23-10-14(11-23)27-30(6,25)26/h12-15,17,31H,9-11H2,1-8H3,(H,21,24)/t15-,17?/m0/s1. The van der Waals surface area contributed by atoms with Gasteiger partial charge in [-0.25, -0.2) is 4.98 Å². The van der Waals surface area contributed by atoms with Crippen LogP contribution in [0, 0.1) is 11.3 Å². The smallest absolute Gasteiger partial charge is 0.271 e. The molecule has 0 radical (unpaired) electrons. The second-order valence-corrected chi connectivity index (χ2v) is 14.8. The Hall–Kier alpha value is -1.01. The maximum Gasteiger partial charge on any atom is 0.271 e. The molecule has 0 aromatic carbocycles. The summed E-state index contributed by atoms with van der Waals surface area (Å²) in [6, 6.07) is -0.107. The molecule has 1 aromatic heterocycles. The first-order valence-electron chi connectivity index (χ1n) is 10.7. The molecule has 31 heavy (non-hydrogen) atoms. The van der Waals surface area contributed by atoms with Crippen LogP contribution in [0.4, 0.5) is 5.13 Å². The molecule has 0 saturated carbocycles. The van der Waals surface area contributed by atoms with Crippen molar-refractivity contribution >= 4 is 41.5 Å². The highest BCUT2D eigenvalue weighted by atomic mass is 32.2. The van der Waals surface area contributed by atoms with E-state index in [9.17, 15) is 13.2 Å². The lowest BCUT2D eigenvalue weighted by atomic mass is 9.82. The summed E-state index contributed by atoms with van der Waals surface area (Å²) in [5.74, 6) is 0.201. The van der Waals surface area contributed by atoms with E-state index >= 15 is 0 Å². The van der Waals surface area contributed by atoms with E-state index in [0.29, 0.717) is 29.8 Å². The first kappa shape index (κ1) is 26.2. The zero-order chi connectivity index (χ0) is 23.6.